The summed E-state index contributed by atoms with van der Waals surface area (Å²) in [6.45, 7) is 30.1. The Morgan fingerprint density at radius 2 is 1.60 bits per heavy atom. The van der Waals surface area contributed by atoms with E-state index in [0.29, 0.717) is 45.3 Å². The molecule has 1 aliphatic heterocycles. The van der Waals surface area contributed by atoms with Gasteiger partial charge in [-0.05, 0) is 82.7 Å². The van der Waals surface area contributed by atoms with Crippen molar-refractivity contribution in [3.63, 3.8) is 0 Å². The molecule has 2 aliphatic rings. The molecule has 0 unspecified atom stereocenters. The minimum Gasteiger partial charge on any atom is -0.444 e. The van der Waals surface area contributed by atoms with E-state index in [1.807, 2.05) is 44.7 Å². The lowest BCUT2D eigenvalue weighted by Gasteiger charge is -2.40. The molecule has 12 heteroatoms. The van der Waals surface area contributed by atoms with Crippen LogP contribution in [0.3, 0.4) is 0 Å². The average molecular weight is 752 g/mol. The molecule has 3 heterocycles. The van der Waals surface area contributed by atoms with E-state index in [2.05, 4.69) is 74.5 Å². The Balaban J connectivity index is 1.47. The first-order chi connectivity index (χ1) is 24.1. The number of ether oxygens (including phenoxy) is 3. The number of piperazine rings is 1. The monoisotopic (exact) mass is 751 g/mol. The first kappa shape index (κ1) is 40.3. The molecule has 288 valence electrons. The first-order valence-corrected chi connectivity index (χ1v) is 26.7. The zero-order valence-corrected chi connectivity index (χ0v) is 36.1. The summed E-state index contributed by atoms with van der Waals surface area (Å²) in [5, 5.41) is 6.33. The number of hydrogen-bond donors (Lipinski definition) is 0. The van der Waals surface area contributed by atoms with E-state index < -0.39 is 21.7 Å². The van der Waals surface area contributed by atoms with Crippen molar-refractivity contribution >= 4 is 39.1 Å². The third kappa shape index (κ3) is 10.2. The summed E-state index contributed by atoms with van der Waals surface area (Å²) in [5.41, 5.74) is 5.79. The lowest BCUT2D eigenvalue weighted by Crippen LogP contribution is -2.56. The molecule has 0 bridgehead atoms. The number of amides is 2. The molecular formula is C40H65N5O5Si2. The second-order valence-corrected chi connectivity index (χ2v) is 30.6. The van der Waals surface area contributed by atoms with Crippen molar-refractivity contribution < 1.29 is 23.8 Å². The van der Waals surface area contributed by atoms with Gasteiger partial charge >= 0.3 is 6.09 Å². The Morgan fingerprint density at radius 3 is 2.21 bits per heavy atom. The van der Waals surface area contributed by atoms with Gasteiger partial charge < -0.3 is 28.6 Å². The second kappa shape index (κ2) is 15.4. The van der Waals surface area contributed by atoms with Gasteiger partial charge in [0.1, 0.15) is 24.8 Å². The van der Waals surface area contributed by atoms with Gasteiger partial charge in [-0.1, -0.05) is 59.2 Å². The smallest absolute Gasteiger partial charge is 0.410 e. The fourth-order valence-electron chi connectivity index (χ4n) is 7.01. The number of nitrogens with zero attached hydrogens (tertiary/aromatic N) is 5. The van der Waals surface area contributed by atoms with Crippen molar-refractivity contribution in [2.45, 2.75) is 137 Å². The summed E-state index contributed by atoms with van der Waals surface area (Å²) >= 11 is 0. The highest BCUT2D eigenvalue weighted by molar-refractivity contribution is 6.76. The molecule has 0 N–H and O–H groups in total. The van der Waals surface area contributed by atoms with Crippen molar-refractivity contribution in [3.05, 3.63) is 41.1 Å². The van der Waals surface area contributed by atoms with Crippen LogP contribution in [-0.2, 0) is 40.5 Å². The summed E-state index contributed by atoms with van der Waals surface area (Å²) in [6, 6.07) is 10.3. The summed E-state index contributed by atoms with van der Waals surface area (Å²) in [4.78, 5) is 30.4. The number of fused-ring (bicyclic) bond motifs is 2. The van der Waals surface area contributed by atoms with E-state index in [0.717, 1.165) is 60.2 Å². The maximum absolute atomic E-state index is 14.0. The van der Waals surface area contributed by atoms with Gasteiger partial charge in [-0.25, -0.2) is 9.48 Å². The van der Waals surface area contributed by atoms with E-state index >= 15 is 0 Å². The fraction of sp³-hybridized carbons (Fsp3) is 0.675. The molecule has 1 saturated heterocycles. The van der Waals surface area contributed by atoms with Crippen molar-refractivity contribution in [2.75, 3.05) is 32.8 Å². The minimum absolute atomic E-state index is 0.0362. The number of rotatable bonds is 12. The highest BCUT2D eigenvalue weighted by Gasteiger charge is 2.35. The zero-order valence-electron chi connectivity index (χ0n) is 34.1. The van der Waals surface area contributed by atoms with Crippen molar-refractivity contribution in [2.24, 2.45) is 5.41 Å². The van der Waals surface area contributed by atoms with E-state index in [4.69, 9.17) is 19.3 Å². The van der Waals surface area contributed by atoms with E-state index in [1.54, 1.807) is 4.90 Å². The predicted molar refractivity (Wildman–Crippen MR) is 215 cm³/mol. The van der Waals surface area contributed by atoms with Crippen molar-refractivity contribution in [3.8, 4) is 11.4 Å². The lowest BCUT2D eigenvalue weighted by molar-refractivity contribution is 0.00198. The number of hydrogen-bond acceptors (Lipinski definition) is 6. The van der Waals surface area contributed by atoms with Crippen LogP contribution in [0.15, 0.2) is 24.3 Å². The van der Waals surface area contributed by atoms with Gasteiger partial charge in [0.2, 0.25) is 0 Å². The molecule has 10 nitrogen and oxygen atoms in total. The molecule has 0 saturated carbocycles. The predicted octanol–water partition coefficient (Wildman–Crippen LogP) is 8.73. The number of aromatic nitrogens is 3. The van der Waals surface area contributed by atoms with Gasteiger partial charge in [0.05, 0.1) is 11.2 Å². The Kier molecular flexibility index (Phi) is 11.9. The van der Waals surface area contributed by atoms with Gasteiger partial charge in [0.15, 0.2) is 0 Å². The Hall–Kier alpha value is -2.94. The molecule has 3 aromatic rings. The number of carbonyl (C=O) groups excluding carboxylic acids is 2. The standard InChI is InChI=1S/C40H65N5O5Si2/c1-29-26-42(17-18-43(29)38(47)50-39(2,3)4)37(46)31-14-13-30-23-34(44(33(30)24-31)27-48-19-21-51(7,8)9)36-32-15-16-40(5,6)25-35(32)45(41-36)28-49-20-22-52(10,11)12/h13-14,23-24,29H,15-22,25-28H2,1-12H3/t29-/m1/s1. The Labute approximate surface area is 314 Å². The lowest BCUT2D eigenvalue weighted by atomic mass is 9.76. The van der Waals surface area contributed by atoms with Crippen molar-refractivity contribution in [1.82, 2.24) is 24.1 Å². The summed E-state index contributed by atoms with van der Waals surface area (Å²) in [7, 11) is -2.49. The van der Waals surface area contributed by atoms with Crippen LogP contribution in [0.4, 0.5) is 4.79 Å². The van der Waals surface area contributed by atoms with Gasteiger partial charge in [0, 0.05) is 77.2 Å². The maximum Gasteiger partial charge on any atom is 0.410 e. The van der Waals surface area contributed by atoms with Crippen molar-refractivity contribution in [1.29, 1.82) is 0 Å². The zero-order chi connectivity index (χ0) is 38.2. The largest absolute Gasteiger partial charge is 0.444 e. The van der Waals surface area contributed by atoms with Crippen LogP contribution in [-0.4, -0.2) is 96.8 Å². The molecule has 52 heavy (non-hydrogen) atoms. The summed E-state index contributed by atoms with van der Waals surface area (Å²) in [6.07, 6.45) is 2.68. The normalized spacial score (nSPS) is 18.2. The third-order valence-electron chi connectivity index (χ3n) is 10.2. The SMILES string of the molecule is C[C@@H]1CN(C(=O)c2ccc3cc(-c4nn(COCC[Si](C)(C)C)c5c4CCC(C)(C)C5)n(COCC[Si](C)(C)C)c3c2)CCN1C(=O)OC(C)(C)C. The quantitative estimate of drug-likeness (QED) is 0.136. The fourth-order valence-corrected chi connectivity index (χ4v) is 8.53. The molecule has 1 fully saturated rings. The highest BCUT2D eigenvalue weighted by atomic mass is 28.3. The van der Waals surface area contributed by atoms with Crippen LogP contribution in [0, 0.1) is 5.41 Å². The molecule has 2 amide bonds. The molecule has 0 radical (unpaired) electrons. The molecular weight excluding hydrogens is 687 g/mol. The minimum atomic E-state index is -1.29. The topological polar surface area (TPSA) is 91.1 Å². The first-order valence-electron chi connectivity index (χ1n) is 19.3. The number of carbonyl (C=O) groups is 2. The number of benzene rings is 1. The van der Waals surface area contributed by atoms with Crippen LogP contribution in [0.5, 0.6) is 0 Å². The van der Waals surface area contributed by atoms with Crippen LogP contribution in [0.1, 0.15) is 69.6 Å². The van der Waals surface area contributed by atoms with Crippen LogP contribution >= 0.6 is 0 Å². The molecule has 0 spiro atoms. The summed E-state index contributed by atoms with van der Waals surface area (Å²) < 4.78 is 22.6. The molecule has 2 aromatic heterocycles. The van der Waals surface area contributed by atoms with E-state index in [1.165, 1.54) is 11.3 Å². The Morgan fingerprint density at radius 1 is 0.942 bits per heavy atom. The Bertz CT molecular complexity index is 1740. The van der Waals surface area contributed by atoms with Gasteiger partial charge in [0.25, 0.3) is 5.91 Å². The van der Waals surface area contributed by atoms with Gasteiger partial charge in [-0.2, -0.15) is 5.10 Å². The highest BCUT2D eigenvalue weighted by Crippen LogP contribution is 2.40. The second-order valence-electron chi connectivity index (χ2n) is 19.3. The molecule has 1 atom stereocenters. The average Bonchev–Trinajstić information content (AvgIpc) is 3.55. The maximum atomic E-state index is 14.0. The van der Waals surface area contributed by atoms with E-state index in [-0.39, 0.29) is 23.5 Å². The van der Waals surface area contributed by atoms with Gasteiger partial charge in [-0.15, -0.1) is 0 Å². The molecule has 1 aliphatic carbocycles. The van der Waals surface area contributed by atoms with Crippen LogP contribution in [0.2, 0.25) is 51.4 Å². The molecule has 1 aromatic carbocycles. The third-order valence-corrected chi connectivity index (χ3v) is 13.6. The van der Waals surface area contributed by atoms with E-state index in [9.17, 15) is 9.59 Å². The summed E-state index contributed by atoms with van der Waals surface area (Å²) in [5.74, 6) is -0.0362. The van der Waals surface area contributed by atoms with Crippen LogP contribution < -0.4 is 0 Å². The molecule has 5 rings (SSSR count). The van der Waals surface area contributed by atoms with Crippen LogP contribution in [0.25, 0.3) is 22.3 Å². The van der Waals surface area contributed by atoms with Gasteiger partial charge in [-0.3, -0.25) is 4.79 Å².